The maximum Gasteiger partial charge on any atom is 0.351 e. The number of para-hydroxylation sites is 1. The largest absolute Gasteiger partial charge is 0.462 e. The minimum Gasteiger partial charge on any atom is -0.462 e. The molecule has 0 radical (unpaired) electrons. The van der Waals surface area contributed by atoms with Gasteiger partial charge in [-0.05, 0) is 19.1 Å². The first-order chi connectivity index (χ1) is 8.63. The Bertz CT molecular complexity index is 463. The van der Waals surface area contributed by atoms with Crippen molar-refractivity contribution in [2.24, 2.45) is 5.10 Å². The van der Waals surface area contributed by atoms with Crippen LogP contribution in [0.15, 0.2) is 29.4 Å². The summed E-state index contributed by atoms with van der Waals surface area (Å²) >= 11 is 0. The second-order valence-corrected chi connectivity index (χ2v) is 3.06. The number of urea groups is 1. The van der Waals surface area contributed by atoms with E-state index < -0.39 is 17.8 Å². The van der Waals surface area contributed by atoms with Crippen LogP contribution < -0.4 is 10.7 Å². The van der Waals surface area contributed by atoms with Crippen molar-refractivity contribution in [3.05, 3.63) is 30.1 Å². The third kappa shape index (κ3) is 4.60. The molecule has 1 aromatic carbocycles. The van der Waals surface area contributed by atoms with Gasteiger partial charge in [0.2, 0.25) is 0 Å². The van der Waals surface area contributed by atoms with Gasteiger partial charge in [-0.3, -0.25) is 0 Å². The molecule has 7 heteroatoms. The fourth-order valence-electron chi connectivity index (χ4n) is 1.04. The van der Waals surface area contributed by atoms with Crippen molar-refractivity contribution in [3.8, 4) is 0 Å². The molecule has 6 nitrogen and oxygen atoms in total. The number of hydrogen-bond acceptors (Lipinski definition) is 4. The number of nitrogens with one attached hydrogen (secondary N) is 2. The zero-order valence-electron chi connectivity index (χ0n) is 9.64. The number of rotatable bonds is 4. The molecule has 96 valence electrons. The molecule has 0 saturated carbocycles. The number of ether oxygens (including phenoxy) is 1. The number of esters is 1. The molecule has 18 heavy (non-hydrogen) atoms. The van der Waals surface area contributed by atoms with E-state index in [4.69, 9.17) is 0 Å². The molecular weight excluding hydrogens is 241 g/mol. The molecule has 0 unspecified atom stereocenters. The van der Waals surface area contributed by atoms with Gasteiger partial charge in [0.25, 0.3) is 0 Å². The molecular formula is C11H12FN3O3. The molecule has 1 aromatic rings. The molecule has 0 aliphatic heterocycles. The van der Waals surface area contributed by atoms with E-state index in [0.717, 1.165) is 6.21 Å². The Hall–Kier alpha value is -2.44. The van der Waals surface area contributed by atoms with E-state index in [2.05, 4.69) is 15.2 Å². The van der Waals surface area contributed by atoms with Gasteiger partial charge in [0.05, 0.1) is 12.3 Å². The minimum atomic E-state index is -0.763. The highest BCUT2D eigenvalue weighted by Gasteiger charge is 2.04. The number of halogens is 1. The van der Waals surface area contributed by atoms with Gasteiger partial charge in [-0.2, -0.15) is 5.10 Å². The van der Waals surface area contributed by atoms with Gasteiger partial charge in [0.15, 0.2) is 0 Å². The molecule has 0 aliphatic carbocycles. The Morgan fingerprint density at radius 1 is 1.44 bits per heavy atom. The van der Waals surface area contributed by atoms with Crippen molar-refractivity contribution in [1.29, 1.82) is 0 Å². The van der Waals surface area contributed by atoms with Crippen LogP contribution in [-0.2, 0) is 9.53 Å². The van der Waals surface area contributed by atoms with E-state index in [1.165, 1.54) is 18.2 Å². The van der Waals surface area contributed by atoms with E-state index in [1.54, 1.807) is 13.0 Å². The summed E-state index contributed by atoms with van der Waals surface area (Å²) in [5.74, 6) is -1.24. The molecule has 0 aromatic heterocycles. The number of hydrazone groups is 1. The molecule has 0 atom stereocenters. The third-order valence-corrected chi connectivity index (χ3v) is 1.74. The van der Waals surface area contributed by atoms with Gasteiger partial charge in [0, 0.05) is 0 Å². The Kier molecular flexibility index (Phi) is 5.30. The summed E-state index contributed by atoms with van der Waals surface area (Å²) < 4.78 is 17.7. The van der Waals surface area contributed by atoms with Gasteiger partial charge in [0.1, 0.15) is 12.0 Å². The number of carbonyl (C=O) groups excluding carboxylic acids is 2. The van der Waals surface area contributed by atoms with Crippen LogP contribution in [0.2, 0.25) is 0 Å². The van der Waals surface area contributed by atoms with E-state index in [-0.39, 0.29) is 12.3 Å². The number of hydrogen-bond donors (Lipinski definition) is 2. The summed E-state index contributed by atoms with van der Waals surface area (Å²) in [6.45, 7) is 1.86. The Labute approximate surface area is 103 Å². The summed E-state index contributed by atoms with van der Waals surface area (Å²) in [5.41, 5.74) is 2.01. The van der Waals surface area contributed by atoms with Gasteiger partial charge in [-0.15, -0.1) is 0 Å². The molecule has 0 bridgehead atoms. The predicted octanol–water partition coefficient (Wildman–Crippen LogP) is 1.50. The second kappa shape index (κ2) is 7.00. The summed E-state index contributed by atoms with van der Waals surface area (Å²) in [6, 6.07) is 4.90. The molecule has 0 aliphatic rings. The Balaban J connectivity index is 2.43. The number of anilines is 1. The van der Waals surface area contributed by atoms with E-state index in [0.29, 0.717) is 0 Å². The van der Waals surface area contributed by atoms with Crippen molar-refractivity contribution >= 4 is 23.9 Å². The lowest BCUT2D eigenvalue weighted by Crippen LogP contribution is -2.25. The predicted molar refractivity (Wildman–Crippen MR) is 63.7 cm³/mol. The maximum absolute atomic E-state index is 13.1. The van der Waals surface area contributed by atoms with Gasteiger partial charge in [-0.25, -0.2) is 19.4 Å². The van der Waals surface area contributed by atoms with Crippen LogP contribution in [0.1, 0.15) is 6.92 Å². The standard InChI is InChI=1S/C11H12FN3O3/c1-2-18-10(16)7-13-15-11(17)14-9-6-4-3-5-8(9)12/h3-7H,2H2,1H3,(H2,14,15,17)/b13-7+. The average Bonchev–Trinajstić information content (AvgIpc) is 2.32. The van der Waals surface area contributed by atoms with Crippen molar-refractivity contribution in [2.45, 2.75) is 6.92 Å². The zero-order valence-corrected chi connectivity index (χ0v) is 9.64. The highest BCUT2D eigenvalue weighted by Crippen LogP contribution is 2.11. The van der Waals surface area contributed by atoms with Gasteiger partial charge >= 0.3 is 12.0 Å². The lowest BCUT2D eigenvalue weighted by atomic mass is 10.3. The smallest absolute Gasteiger partial charge is 0.351 e. The number of amides is 2. The number of carbonyl (C=O) groups is 2. The zero-order chi connectivity index (χ0) is 13.4. The van der Waals surface area contributed by atoms with Gasteiger partial charge in [-0.1, -0.05) is 12.1 Å². The van der Waals surface area contributed by atoms with Crippen molar-refractivity contribution in [1.82, 2.24) is 5.43 Å². The Morgan fingerprint density at radius 2 is 2.17 bits per heavy atom. The number of benzene rings is 1. The van der Waals surface area contributed by atoms with E-state index >= 15 is 0 Å². The Morgan fingerprint density at radius 3 is 2.83 bits per heavy atom. The summed E-state index contributed by atoms with van der Waals surface area (Å²) in [4.78, 5) is 22.1. The van der Waals surface area contributed by atoms with Crippen molar-refractivity contribution in [2.75, 3.05) is 11.9 Å². The van der Waals surface area contributed by atoms with Crippen LogP contribution in [0.3, 0.4) is 0 Å². The van der Waals surface area contributed by atoms with Crippen LogP contribution in [0.25, 0.3) is 0 Å². The highest BCUT2D eigenvalue weighted by atomic mass is 19.1. The van der Waals surface area contributed by atoms with Crippen LogP contribution in [-0.4, -0.2) is 24.8 Å². The van der Waals surface area contributed by atoms with Gasteiger partial charge < -0.3 is 10.1 Å². The molecule has 0 heterocycles. The molecule has 0 fully saturated rings. The lowest BCUT2D eigenvalue weighted by molar-refractivity contribution is -0.134. The quantitative estimate of drug-likeness (QED) is 0.484. The molecule has 2 N–H and O–H groups in total. The SMILES string of the molecule is CCOC(=O)/C=N/NC(=O)Nc1ccccc1F. The molecule has 2 amide bonds. The van der Waals surface area contributed by atoms with Crippen LogP contribution >= 0.6 is 0 Å². The van der Waals surface area contributed by atoms with Crippen LogP contribution in [0.5, 0.6) is 0 Å². The highest BCUT2D eigenvalue weighted by molar-refractivity contribution is 6.23. The molecule has 0 spiro atoms. The third-order valence-electron chi connectivity index (χ3n) is 1.74. The lowest BCUT2D eigenvalue weighted by Gasteiger charge is -2.04. The summed E-state index contributed by atoms with van der Waals surface area (Å²) in [5, 5.41) is 5.56. The van der Waals surface area contributed by atoms with Crippen LogP contribution in [0, 0.1) is 5.82 Å². The fraction of sp³-hybridized carbons (Fsp3) is 0.182. The summed E-state index contributed by atoms with van der Waals surface area (Å²) in [6.07, 6.45) is 0.810. The van der Waals surface area contributed by atoms with E-state index in [9.17, 15) is 14.0 Å². The van der Waals surface area contributed by atoms with Crippen molar-refractivity contribution < 1.29 is 18.7 Å². The summed E-state index contributed by atoms with van der Waals surface area (Å²) in [7, 11) is 0. The monoisotopic (exact) mass is 253 g/mol. The topological polar surface area (TPSA) is 79.8 Å². The average molecular weight is 253 g/mol. The molecule has 0 saturated heterocycles. The maximum atomic E-state index is 13.1. The fourth-order valence-corrected chi connectivity index (χ4v) is 1.04. The first-order valence-corrected chi connectivity index (χ1v) is 5.14. The minimum absolute atomic E-state index is 0.0151. The van der Waals surface area contributed by atoms with Crippen LogP contribution in [0.4, 0.5) is 14.9 Å². The normalized spacial score (nSPS) is 10.1. The first kappa shape index (κ1) is 13.6. The number of nitrogens with zero attached hydrogens (tertiary/aromatic N) is 1. The van der Waals surface area contributed by atoms with Crippen molar-refractivity contribution in [3.63, 3.8) is 0 Å². The van der Waals surface area contributed by atoms with E-state index in [1.807, 2.05) is 5.43 Å². The first-order valence-electron chi connectivity index (χ1n) is 5.14. The second-order valence-electron chi connectivity index (χ2n) is 3.06. The molecule has 1 rings (SSSR count).